The lowest BCUT2D eigenvalue weighted by molar-refractivity contribution is -0.157. The van der Waals surface area contributed by atoms with E-state index in [4.69, 9.17) is 9.47 Å². The van der Waals surface area contributed by atoms with Gasteiger partial charge in [-0.15, -0.1) is 0 Å². The lowest BCUT2D eigenvalue weighted by Gasteiger charge is -2.19. The zero-order valence-electron chi connectivity index (χ0n) is 15.9. The molecule has 1 N–H and O–H groups in total. The van der Waals surface area contributed by atoms with Crippen molar-refractivity contribution >= 4 is 17.9 Å². The largest absolute Gasteiger partial charge is 0.481 e. The highest BCUT2D eigenvalue weighted by Crippen LogP contribution is 2.21. The van der Waals surface area contributed by atoms with Crippen LogP contribution in [0.2, 0.25) is 0 Å². The monoisotopic (exact) mass is 358 g/mol. The quantitative estimate of drug-likeness (QED) is 0.352. The van der Waals surface area contributed by atoms with Crippen LogP contribution < -0.4 is 0 Å². The summed E-state index contributed by atoms with van der Waals surface area (Å²) in [6.45, 7) is 6.51. The number of esters is 2. The summed E-state index contributed by atoms with van der Waals surface area (Å²) in [4.78, 5) is 35.5. The fourth-order valence-corrected chi connectivity index (χ4v) is 2.49. The molecule has 0 fully saturated rings. The highest BCUT2D eigenvalue weighted by Gasteiger charge is 2.29. The van der Waals surface area contributed by atoms with E-state index >= 15 is 0 Å². The number of hydrogen-bond donors (Lipinski definition) is 1. The minimum atomic E-state index is -0.956. The third-order valence-electron chi connectivity index (χ3n) is 4.16. The van der Waals surface area contributed by atoms with Crippen LogP contribution in [-0.2, 0) is 23.9 Å². The molecule has 0 spiro atoms. The van der Waals surface area contributed by atoms with Crippen molar-refractivity contribution in [1.82, 2.24) is 0 Å². The van der Waals surface area contributed by atoms with E-state index in [0.29, 0.717) is 19.6 Å². The second-order valence-corrected chi connectivity index (χ2v) is 6.38. The Labute approximate surface area is 151 Å². The molecule has 25 heavy (non-hydrogen) atoms. The molecule has 0 saturated carbocycles. The van der Waals surface area contributed by atoms with Crippen LogP contribution in [0, 0.1) is 11.8 Å². The number of rotatable bonds is 15. The molecule has 0 amide bonds. The van der Waals surface area contributed by atoms with Crippen molar-refractivity contribution in [1.29, 1.82) is 0 Å². The molecule has 0 aromatic rings. The van der Waals surface area contributed by atoms with E-state index in [2.05, 4.69) is 13.8 Å². The van der Waals surface area contributed by atoms with Crippen molar-refractivity contribution < 1.29 is 29.0 Å². The molecule has 0 heterocycles. The molecule has 0 saturated heterocycles. The lowest BCUT2D eigenvalue weighted by Crippen LogP contribution is -2.27. The number of carbonyl (C=O) groups excluding carboxylic acids is 2. The highest BCUT2D eigenvalue weighted by atomic mass is 16.5. The summed E-state index contributed by atoms with van der Waals surface area (Å²) in [6.07, 6.45) is 5.93. The van der Waals surface area contributed by atoms with Crippen molar-refractivity contribution in [3.63, 3.8) is 0 Å². The fourth-order valence-electron chi connectivity index (χ4n) is 2.49. The number of unbranched alkanes of at least 4 members (excludes halogenated alkanes) is 4. The Bertz CT molecular complexity index is 393. The van der Waals surface area contributed by atoms with E-state index in [9.17, 15) is 19.5 Å². The third kappa shape index (κ3) is 11.6. The number of hydrogen-bond acceptors (Lipinski definition) is 5. The van der Waals surface area contributed by atoms with Crippen LogP contribution in [0.15, 0.2) is 0 Å². The summed E-state index contributed by atoms with van der Waals surface area (Å²) in [7, 11) is 0. The lowest BCUT2D eigenvalue weighted by atomic mass is 9.90. The van der Waals surface area contributed by atoms with Crippen LogP contribution in [0.1, 0.15) is 78.6 Å². The van der Waals surface area contributed by atoms with E-state index < -0.39 is 29.7 Å². The van der Waals surface area contributed by atoms with Gasteiger partial charge in [0.2, 0.25) is 0 Å². The van der Waals surface area contributed by atoms with Crippen molar-refractivity contribution in [2.45, 2.75) is 78.6 Å². The van der Waals surface area contributed by atoms with Gasteiger partial charge in [0.25, 0.3) is 0 Å². The zero-order valence-corrected chi connectivity index (χ0v) is 15.9. The van der Waals surface area contributed by atoms with Crippen LogP contribution >= 0.6 is 0 Å². The predicted molar refractivity (Wildman–Crippen MR) is 95.1 cm³/mol. The fraction of sp³-hybridized carbons (Fsp3) is 0.842. The van der Waals surface area contributed by atoms with Crippen LogP contribution in [-0.4, -0.2) is 36.2 Å². The topological polar surface area (TPSA) is 89.9 Å². The van der Waals surface area contributed by atoms with Gasteiger partial charge in [-0.05, 0) is 25.7 Å². The molecule has 0 aliphatic rings. The van der Waals surface area contributed by atoms with Crippen LogP contribution in [0.5, 0.6) is 0 Å². The minimum Gasteiger partial charge on any atom is -0.481 e. The minimum absolute atomic E-state index is 0.0997. The van der Waals surface area contributed by atoms with Crippen LogP contribution in [0.4, 0.5) is 0 Å². The maximum atomic E-state index is 12.3. The Morgan fingerprint density at radius 2 is 1.40 bits per heavy atom. The molecule has 0 aromatic carbocycles. The third-order valence-corrected chi connectivity index (χ3v) is 4.16. The molecule has 0 radical (unpaired) electrons. The summed E-state index contributed by atoms with van der Waals surface area (Å²) in [5, 5.41) is 9.22. The van der Waals surface area contributed by atoms with Gasteiger partial charge in [0.1, 0.15) is 0 Å². The van der Waals surface area contributed by atoms with E-state index in [1.54, 1.807) is 6.92 Å². The first-order valence-corrected chi connectivity index (χ1v) is 9.51. The van der Waals surface area contributed by atoms with Gasteiger partial charge in [0.15, 0.2) is 0 Å². The number of ether oxygens (including phenoxy) is 2. The molecule has 0 bridgehead atoms. The van der Waals surface area contributed by atoms with Crippen molar-refractivity contribution in [3.05, 3.63) is 0 Å². The van der Waals surface area contributed by atoms with E-state index in [-0.39, 0.29) is 12.8 Å². The SMILES string of the molecule is CCCCCOC(=O)CC(CC(CC)C(=O)O)C(=O)OCCCCC. The van der Waals surface area contributed by atoms with E-state index in [0.717, 1.165) is 38.5 Å². The molecule has 0 aromatic heterocycles. The summed E-state index contributed by atoms with van der Waals surface area (Å²) >= 11 is 0. The normalized spacial score (nSPS) is 13.1. The first kappa shape index (κ1) is 23.4. The van der Waals surface area contributed by atoms with Gasteiger partial charge < -0.3 is 14.6 Å². The summed E-state index contributed by atoms with van der Waals surface area (Å²) < 4.78 is 10.4. The summed E-state index contributed by atoms with van der Waals surface area (Å²) in [6, 6.07) is 0. The first-order chi connectivity index (χ1) is 12.0. The molecule has 6 heteroatoms. The molecular formula is C19H34O6. The molecule has 146 valence electrons. The maximum Gasteiger partial charge on any atom is 0.309 e. The van der Waals surface area contributed by atoms with Crippen molar-refractivity contribution in [2.75, 3.05) is 13.2 Å². The van der Waals surface area contributed by atoms with E-state index in [1.807, 2.05) is 0 Å². The Balaban J connectivity index is 4.62. The van der Waals surface area contributed by atoms with Gasteiger partial charge >= 0.3 is 17.9 Å². The van der Waals surface area contributed by atoms with Gasteiger partial charge in [0.05, 0.1) is 31.5 Å². The average molecular weight is 358 g/mol. The molecule has 2 atom stereocenters. The Kier molecular flexibility index (Phi) is 13.8. The maximum absolute atomic E-state index is 12.3. The van der Waals surface area contributed by atoms with E-state index in [1.165, 1.54) is 0 Å². The Morgan fingerprint density at radius 3 is 1.88 bits per heavy atom. The number of aliphatic carboxylic acids is 1. The average Bonchev–Trinajstić information content (AvgIpc) is 2.58. The van der Waals surface area contributed by atoms with Gasteiger partial charge in [-0.2, -0.15) is 0 Å². The first-order valence-electron chi connectivity index (χ1n) is 9.51. The molecule has 0 aliphatic carbocycles. The van der Waals surface area contributed by atoms with Gasteiger partial charge in [0, 0.05) is 0 Å². The number of carboxylic acid groups (broad SMARTS) is 1. The van der Waals surface area contributed by atoms with Gasteiger partial charge in [-0.3, -0.25) is 14.4 Å². The Hall–Kier alpha value is -1.59. The molecule has 0 rings (SSSR count). The number of carboxylic acids is 1. The second kappa shape index (κ2) is 14.7. The van der Waals surface area contributed by atoms with Crippen molar-refractivity contribution in [3.8, 4) is 0 Å². The number of carbonyl (C=O) groups is 3. The van der Waals surface area contributed by atoms with Gasteiger partial charge in [-0.1, -0.05) is 46.5 Å². The van der Waals surface area contributed by atoms with Crippen LogP contribution in [0.25, 0.3) is 0 Å². The van der Waals surface area contributed by atoms with Crippen LogP contribution in [0.3, 0.4) is 0 Å². The van der Waals surface area contributed by atoms with Gasteiger partial charge in [-0.25, -0.2) is 0 Å². The second-order valence-electron chi connectivity index (χ2n) is 6.38. The molecule has 0 aliphatic heterocycles. The molecule has 2 unspecified atom stereocenters. The van der Waals surface area contributed by atoms with Crippen molar-refractivity contribution in [2.24, 2.45) is 11.8 Å². The summed E-state index contributed by atoms with van der Waals surface area (Å²) in [5.41, 5.74) is 0. The summed E-state index contributed by atoms with van der Waals surface area (Å²) in [5.74, 6) is -3.35. The highest BCUT2D eigenvalue weighted by molar-refractivity contribution is 5.81. The molecular weight excluding hydrogens is 324 g/mol. The molecule has 6 nitrogen and oxygen atoms in total. The Morgan fingerprint density at radius 1 is 0.840 bits per heavy atom. The predicted octanol–water partition coefficient (Wildman–Crippen LogP) is 3.96. The standard InChI is InChI=1S/C19H34O6/c1-4-7-9-11-24-17(20)14-16(13-15(6-3)18(21)22)19(23)25-12-10-8-5-2/h15-16H,4-14H2,1-3H3,(H,21,22). The zero-order chi connectivity index (χ0) is 19.1. The smallest absolute Gasteiger partial charge is 0.309 e.